The number of benzene rings is 1. The van der Waals surface area contributed by atoms with Crippen molar-refractivity contribution in [3.63, 3.8) is 0 Å². The molecule has 98 valence electrons. The fraction of sp³-hybridized carbons (Fsp3) is 0.273. The third kappa shape index (κ3) is 2.63. The molecule has 0 spiro atoms. The van der Waals surface area contributed by atoms with Gasteiger partial charge in [0.1, 0.15) is 6.10 Å². The van der Waals surface area contributed by atoms with Crippen LogP contribution in [0.25, 0.3) is 0 Å². The van der Waals surface area contributed by atoms with E-state index >= 15 is 0 Å². The number of carbonyl (C=O) groups is 2. The van der Waals surface area contributed by atoms with Gasteiger partial charge in [0.05, 0.1) is 12.7 Å². The molecule has 0 aliphatic rings. The highest BCUT2D eigenvalue weighted by molar-refractivity contribution is 5.80. The Bertz CT molecular complexity index is 473. The number of aromatic hydroxyl groups is 1. The molecule has 0 saturated carbocycles. The van der Waals surface area contributed by atoms with Crippen molar-refractivity contribution in [2.24, 2.45) is 0 Å². The van der Waals surface area contributed by atoms with Gasteiger partial charge in [0.25, 0.3) is 0 Å². The lowest BCUT2D eigenvalue weighted by Crippen LogP contribution is -2.29. The molecule has 0 aromatic heterocycles. The molecule has 1 aromatic rings. The molecule has 1 aromatic carbocycles. The van der Waals surface area contributed by atoms with Gasteiger partial charge < -0.3 is 20.1 Å². The monoisotopic (exact) mass is 258 g/mol. The number of methoxy groups -OCH3 is 1. The summed E-state index contributed by atoms with van der Waals surface area (Å²) in [7, 11) is 1.01. The molecule has 0 heterocycles. The summed E-state index contributed by atoms with van der Waals surface area (Å²) in [6, 6.07) is 1.67. The molecule has 0 amide bonds. The van der Waals surface area contributed by atoms with Crippen molar-refractivity contribution in [2.75, 3.05) is 7.11 Å². The van der Waals surface area contributed by atoms with Crippen molar-refractivity contribution < 1.29 is 34.0 Å². The van der Waals surface area contributed by atoms with E-state index in [4.69, 9.17) is 5.11 Å². The maximum Gasteiger partial charge on any atom is 0.337 e. The first-order valence-electron chi connectivity index (χ1n) is 4.84. The van der Waals surface area contributed by atoms with Gasteiger partial charge in [-0.25, -0.2) is 9.18 Å². The van der Waals surface area contributed by atoms with Crippen LogP contribution < -0.4 is 0 Å². The Labute approximate surface area is 101 Å². The number of hydrogen-bond acceptors (Lipinski definition) is 6. The predicted molar refractivity (Wildman–Crippen MR) is 56.4 cm³/mol. The molecular weight excluding hydrogens is 247 g/mol. The lowest BCUT2D eigenvalue weighted by Gasteiger charge is -2.16. The number of aliphatic hydroxyl groups is 2. The number of phenolic OH excluding ortho intramolecular Hbond substituents is 1. The number of aldehydes is 1. The number of esters is 1. The molecule has 0 aliphatic heterocycles. The molecular formula is C11H11FO6. The molecule has 0 fully saturated rings. The van der Waals surface area contributed by atoms with E-state index in [2.05, 4.69) is 4.74 Å². The average molecular weight is 258 g/mol. The summed E-state index contributed by atoms with van der Waals surface area (Å²) < 4.78 is 17.4. The smallest absolute Gasteiger partial charge is 0.337 e. The number of rotatable bonds is 4. The van der Waals surface area contributed by atoms with Crippen LogP contribution in [0.4, 0.5) is 4.39 Å². The molecule has 7 heteroatoms. The minimum absolute atomic E-state index is 0.180. The Morgan fingerprint density at radius 1 is 1.44 bits per heavy atom. The van der Waals surface area contributed by atoms with E-state index in [1.807, 2.05) is 0 Å². The highest BCUT2D eigenvalue weighted by Crippen LogP contribution is 2.26. The molecule has 6 nitrogen and oxygen atoms in total. The third-order valence-electron chi connectivity index (χ3n) is 2.33. The second kappa shape index (κ2) is 5.56. The Morgan fingerprint density at radius 3 is 2.56 bits per heavy atom. The number of hydrogen-bond donors (Lipinski definition) is 3. The summed E-state index contributed by atoms with van der Waals surface area (Å²) in [5.41, 5.74) is -0.633. The molecule has 18 heavy (non-hydrogen) atoms. The van der Waals surface area contributed by atoms with Gasteiger partial charge in [0.15, 0.2) is 24.0 Å². The largest absolute Gasteiger partial charge is 0.504 e. The Morgan fingerprint density at radius 2 is 2.06 bits per heavy atom. The molecule has 1 rings (SSSR count). The summed E-state index contributed by atoms with van der Waals surface area (Å²) in [4.78, 5) is 21.5. The van der Waals surface area contributed by atoms with Gasteiger partial charge in [-0.05, 0) is 17.7 Å². The third-order valence-corrected chi connectivity index (χ3v) is 2.33. The lowest BCUT2D eigenvalue weighted by atomic mass is 10.0. The van der Waals surface area contributed by atoms with Crippen LogP contribution in [0.3, 0.4) is 0 Å². The van der Waals surface area contributed by atoms with E-state index in [0.29, 0.717) is 6.07 Å². The van der Waals surface area contributed by atoms with Crippen LogP contribution in [-0.2, 0) is 9.53 Å². The summed E-state index contributed by atoms with van der Waals surface area (Å²) in [5.74, 6) is -3.12. The zero-order valence-corrected chi connectivity index (χ0v) is 9.33. The number of aliphatic hydroxyl groups excluding tert-OH is 2. The van der Waals surface area contributed by atoms with E-state index in [0.717, 1.165) is 13.2 Å². The van der Waals surface area contributed by atoms with E-state index < -0.39 is 35.3 Å². The van der Waals surface area contributed by atoms with Gasteiger partial charge in [0.2, 0.25) is 0 Å². The molecule has 0 aliphatic carbocycles. The Balaban J connectivity index is 3.14. The van der Waals surface area contributed by atoms with Crippen LogP contribution >= 0.6 is 0 Å². The quantitative estimate of drug-likeness (QED) is 0.515. The van der Waals surface area contributed by atoms with Crippen molar-refractivity contribution in [1.29, 1.82) is 0 Å². The van der Waals surface area contributed by atoms with Crippen LogP contribution in [-0.4, -0.2) is 40.8 Å². The second-order valence-electron chi connectivity index (χ2n) is 3.47. The highest BCUT2D eigenvalue weighted by Gasteiger charge is 2.27. The minimum Gasteiger partial charge on any atom is -0.504 e. The van der Waals surface area contributed by atoms with E-state index in [1.54, 1.807) is 0 Å². The number of ether oxygens (including phenoxy) is 1. The molecule has 0 saturated heterocycles. The summed E-state index contributed by atoms with van der Waals surface area (Å²) >= 11 is 0. The first-order chi connectivity index (χ1) is 8.42. The van der Waals surface area contributed by atoms with Crippen LogP contribution in [0.2, 0.25) is 0 Å². The maximum absolute atomic E-state index is 13.2. The van der Waals surface area contributed by atoms with Gasteiger partial charge in [-0.15, -0.1) is 0 Å². The van der Waals surface area contributed by atoms with E-state index in [-0.39, 0.29) is 11.8 Å². The predicted octanol–water partition coefficient (Wildman–Crippen LogP) is -0.0889. The molecule has 2 unspecified atom stereocenters. The van der Waals surface area contributed by atoms with Crippen molar-refractivity contribution in [2.45, 2.75) is 12.2 Å². The second-order valence-corrected chi connectivity index (χ2v) is 3.47. The number of halogens is 1. The minimum atomic E-state index is -1.92. The fourth-order valence-corrected chi connectivity index (χ4v) is 1.33. The Hall–Kier alpha value is -1.99. The summed E-state index contributed by atoms with van der Waals surface area (Å²) in [6.07, 6.45) is -3.51. The first-order valence-corrected chi connectivity index (χ1v) is 4.84. The maximum atomic E-state index is 13.2. The summed E-state index contributed by atoms with van der Waals surface area (Å²) in [6.45, 7) is 0. The van der Waals surface area contributed by atoms with Crippen LogP contribution in [0.15, 0.2) is 12.1 Å². The molecule has 0 bridgehead atoms. The first kappa shape index (κ1) is 14.1. The van der Waals surface area contributed by atoms with Gasteiger partial charge in [-0.2, -0.15) is 0 Å². The number of phenols is 1. The van der Waals surface area contributed by atoms with Crippen molar-refractivity contribution >= 4 is 12.3 Å². The molecule has 0 radical (unpaired) electrons. The summed E-state index contributed by atoms with van der Waals surface area (Å²) in [5, 5.41) is 28.1. The van der Waals surface area contributed by atoms with Gasteiger partial charge in [-0.3, -0.25) is 4.79 Å². The van der Waals surface area contributed by atoms with E-state index in [9.17, 15) is 24.2 Å². The van der Waals surface area contributed by atoms with Crippen LogP contribution in [0.1, 0.15) is 22.0 Å². The average Bonchev–Trinajstić information content (AvgIpc) is 2.38. The molecule has 3 N–H and O–H groups in total. The van der Waals surface area contributed by atoms with Gasteiger partial charge in [-0.1, -0.05) is 0 Å². The molecule has 2 atom stereocenters. The SMILES string of the molecule is COC(=O)C(O)C(O)c1cc(F)c(O)c(C=O)c1. The van der Waals surface area contributed by atoms with Crippen LogP contribution in [0, 0.1) is 5.82 Å². The standard InChI is InChI=1S/C11H11FO6/c1-18-11(17)10(16)9(15)5-2-6(4-13)8(14)7(12)3-5/h2-4,9-10,14-16H,1H3. The Kier molecular flexibility index (Phi) is 4.35. The van der Waals surface area contributed by atoms with Gasteiger partial charge >= 0.3 is 5.97 Å². The van der Waals surface area contributed by atoms with Crippen molar-refractivity contribution in [3.05, 3.63) is 29.1 Å². The zero-order chi connectivity index (χ0) is 13.9. The normalized spacial score (nSPS) is 13.8. The van der Waals surface area contributed by atoms with Crippen molar-refractivity contribution in [1.82, 2.24) is 0 Å². The zero-order valence-electron chi connectivity index (χ0n) is 9.33. The van der Waals surface area contributed by atoms with Crippen LogP contribution in [0.5, 0.6) is 5.75 Å². The fourth-order valence-electron chi connectivity index (χ4n) is 1.33. The topological polar surface area (TPSA) is 104 Å². The lowest BCUT2D eigenvalue weighted by molar-refractivity contribution is -0.156. The highest BCUT2D eigenvalue weighted by atomic mass is 19.1. The van der Waals surface area contributed by atoms with E-state index in [1.165, 1.54) is 0 Å². The van der Waals surface area contributed by atoms with Gasteiger partial charge in [0, 0.05) is 0 Å². The number of carbonyl (C=O) groups excluding carboxylic acids is 2. The van der Waals surface area contributed by atoms with Crippen molar-refractivity contribution in [3.8, 4) is 5.75 Å².